The van der Waals surface area contributed by atoms with Crippen LogP contribution in [0, 0.1) is 0 Å². The molecule has 6 nitrogen and oxygen atoms in total. The van der Waals surface area contributed by atoms with Crippen LogP contribution in [-0.2, 0) is 17.5 Å². The lowest BCUT2D eigenvalue weighted by Crippen LogP contribution is -2.52. The van der Waals surface area contributed by atoms with Gasteiger partial charge in [-0.3, -0.25) is 4.90 Å². The molecule has 1 unspecified atom stereocenters. The van der Waals surface area contributed by atoms with Gasteiger partial charge in [-0.05, 0) is 31.5 Å². The second-order valence-corrected chi connectivity index (χ2v) is 7.13. The number of ether oxygens (including phenoxy) is 1. The third-order valence-electron chi connectivity index (χ3n) is 4.35. The number of benzene rings is 1. The van der Waals surface area contributed by atoms with Gasteiger partial charge < -0.3 is 20.5 Å². The Balaban J connectivity index is 1.90. The van der Waals surface area contributed by atoms with Crippen molar-refractivity contribution in [1.29, 1.82) is 0 Å². The summed E-state index contributed by atoms with van der Waals surface area (Å²) >= 11 is 0. The molecular weight excluding hydrogens is 373 g/mol. The fourth-order valence-corrected chi connectivity index (χ4v) is 2.88. The molecule has 2 rings (SSSR count). The van der Waals surface area contributed by atoms with E-state index in [0.29, 0.717) is 44.4 Å². The Morgan fingerprint density at radius 2 is 1.82 bits per heavy atom. The summed E-state index contributed by atoms with van der Waals surface area (Å²) in [5.74, 6) is 0.504. The van der Waals surface area contributed by atoms with E-state index < -0.39 is 17.3 Å². The summed E-state index contributed by atoms with van der Waals surface area (Å²) in [6.45, 7) is 8.27. The Morgan fingerprint density at radius 1 is 1.18 bits per heavy atom. The Bertz CT molecular complexity index is 627. The summed E-state index contributed by atoms with van der Waals surface area (Å²) < 4.78 is 43.2. The second kappa shape index (κ2) is 10.1. The lowest BCUT2D eigenvalue weighted by Gasteiger charge is -2.34. The molecule has 1 aromatic rings. The minimum atomic E-state index is -4.34. The number of rotatable bonds is 7. The number of hydrogen-bond acceptors (Lipinski definition) is 4. The van der Waals surface area contributed by atoms with Gasteiger partial charge in [0.25, 0.3) is 0 Å². The number of aliphatic hydroxyl groups is 1. The molecule has 0 saturated carbocycles. The highest BCUT2D eigenvalue weighted by Crippen LogP contribution is 2.29. The minimum Gasteiger partial charge on any atom is -0.387 e. The lowest BCUT2D eigenvalue weighted by molar-refractivity contribution is -0.137. The predicted molar refractivity (Wildman–Crippen MR) is 102 cm³/mol. The summed E-state index contributed by atoms with van der Waals surface area (Å²) in [5.41, 5.74) is -0.961. The maximum absolute atomic E-state index is 12.6. The van der Waals surface area contributed by atoms with Crippen LogP contribution in [-0.4, -0.2) is 67.5 Å². The van der Waals surface area contributed by atoms with Gasteiger partial charge >= 0.3 is 6.18 Å². The van der Waals surface area contributed by atoms with Gasteiger partial charge in [0.2, 0.25) is 0 Å². The normalized spacial score (nSPS) is 18.6. The molecule has 1 aliphatic heterocycles. The van der Waals surface area contributed by atoms with Crippen LogP contribution in [0.1, 0.15) is 25.0 Å². The highest BCUT2D eigenvalue weighted by molar-refractivity contribution is 5.79. The van der Waals surface area contributed by atoms with Crippen molar-refractivity contribution in [2.24, 2.45) is 4.99 Å². The van der Waals surface area contributed by atoms with E-state index in [-0.39, 0.29) is 6.54 Å². The zero-order chi connectivity index (χ0) is 20.6. The van der Waals surface area contributed by atoms with Crippen molar-refractivity contribution in [3.8, 4) is 0 Å². The third kappa shape index (κ3) is 7.65. The topological polar surface area (TPSA) is 69.1 Å². The van der Waals surface area contributed by atoms with E-state index in [0.717, 1.165) is 25.2 Å². The number of hydrogen-bond donors (Lipinski definition) is 3. The van der Waals surface area contributed by atoms with Crippen LogP contribution in [0.5, 0.6) is 0 Å². The van der Waals surface area contributed by atoms with Crippen LogP contribution < -0.4 is 10.6 Å². The highest BCUT2D eigenvalue weighted by Gasteiger charge is 2.30. The first-order valence-corrected chi connectivity index (χ1v) is 9.40. The fraction of sp³-hybridized carbons (Fsp3) is 0.632. The molecule has 0 amide bonds. The van der Waals surface area contributed by atoms with Gasteiger partial charge in [-0.1, -0.05) is 12.1 Å². The molecule has 0 radical (unpaired) electrons. The molecule has 1 aromatic carbocycles. The molecule has 1 fully saturated rings. The zero-order valence-electron chi connectivity index (χ0n) is 16.4. The van der Waals surface area contributed by atoms with Crippen molar-refractivity contribution >= 4 is 5.96 Å². The third-order valence-corrected chi connectivity index (χ3v) is 4.35. The van der Waals surface area contributed by atoms with Gasteiger partial charge in [-0.2, -0.15) is 13.2 Å². The van der Waals surface area contributed by atoms with Crippen molar-refractivity contribution in [2.75, 3.05) is 45.9 Å². The first-order chi connectivity index (χ1) is 13.2. The second-order valence-electron chi connectivity index (χ2n) is 7.13. The molecule has 3 N–H and O–H groups in total. The molecule has 0 bridgehead atoms. The molecule has 1 heterocycles. The Morgan fingerprint density at radius 3 is 2.39 bits per heavy atom. The Kier molecular flexibility index (Phi) is 8.09. The number of β-amino-alcohol motifs (C(OH)–C–C–N with tert-alkyl or cyclic N) is 1. The maximum Gasteiger partial charge on any atom is 0.416 e. The van der Waals surface area contributed by atoms with E-state index in [1.807, 2.05) is 6.92 Å². The monoisotopic (exact) mass is 402 g/mol. The summed E-state index contributed by atoms with van der Waals surface area (Å²) in [5, 5.41) is 16.8. The van der Waals surface area contributed by atoms with Gasteiger partial charge in [-0.15, -0.1) is 0 Å². The molecule has 0 aliphatic carbocycles. The number of aliphatic imine (C=N–C) groups is 1. The van der Waals surface area contributed by atoms with Crippen LogP contribution >= 0.6 is 0 Å². The standard InChI is InChI=1S/C19H29F3N4O2/c1-3-23-17(24-12-15-4-6-16(7-5-15)19(20,21)22)25-13-18(2,27)14-26-8-10-28-11-9-26/h4-7,27H,3,8-14H2,1-2H3,(H2,23,24,25). The van der Waals surface area contributed by atoms with E-state index in [2.05, 4.69) is 20.5 Å². The molecule has 0 spiro atoms. The van der Waals surface area contributed by atoms with Gasteiger partial charge in [0.1, 0.15) is 0 Å². The van der Waals surface area contributed by atoms with Gasteiger partial charge in [0, 0.05) is 32.7 Å². The number of morpholine rings is 1. The smallest absolute Gasteiger partial charge is 0.387 e. The molecule has 158 valence electrons. The minimum absolute atomic E-state index is 0.235. The predicted octanol–water partition coefficient (Wildman–Crippen LogP) is 1.84. The first-order valence-electron chi connectivity index (χ1n) is 9.40. The zero-order valence-corrected chi connectivity index (χ0v) is 16.4. The number of guanidine groups is 1. The molecule has 1 atom stereocenters. The Hall–Kier alpha value is -1.84. The van der Waals surface area contributed by atoms with E-state index >= 15 is 0 Å². The average Bonchev–Trinajstić information content (AvgIpc) is 2.64. The van der Waals surface area contributed by atoms with E-state index in [1.54, 1.807) is 6.92 Å². The summed E-state index contributed by atoms with van der Waals surface area (Å²) in [4.78, 5) is 6.54. The van der Waals surface area contributed by atoms with Crippen molar-refractivity contribution in [3.05, 3.63) is 35.4 Å². The average molecular weight is 402 g/mol. The van der Waals surface area contributed by atoms with Gasteiger partial charge in [0.15, 0.2) is 5.96 Å². The molecule has 28 heavy (non-hydrogen) atoms. The van der Waals surface area contributed by atoms with Gasteiger partial charge in [0.05, 0.1) is 30.9 Å². The molecule has 1 saturated heterocycles. The number of alkyl halides is 3. The Labute approximate surface area is 163 Å². The molecule has 0 aromatic heterocycles. The van der Waals surface area contributed by atoms with Crippen LogP contribution in [0.3, 0.4) is 0 Å². The number of halogens is 3. The van der Waals surface area contributed by atoms with Crippen molar-refractivity contribution in [2.45, 2.75) is 32.2 Å². The highest BCUT2D eigenvalue weighted by atomic mass is 19.4. The van der Waals surface area contributed by atoms with Crippen LogP contribution in [0.4, 0.5) is 13.2 Å². The lowest BCUT2D eigenvalue weighted by atomic mass is 10.1. The summed E-state index contributed by atoms with van der Waals surface area (Å²) in [7, 11) is 0. The maximum atomic E-state index is 12.6. The van der Waals surface area contributed by atoms with E-state index in [4.69, 9.17) is 4.74 Å². The molecule has 9 heteroatoms. The molecular formula is C19H29F3N4O2. The van der Waals surface area contributed by atoms with Crippen molar-refractivity contribution in [1.82, 2.24) is 15.5 Å². The van der Waals surface area contributed by atoms with Crippen LogP contribution in [0.25, 0.3) is 0 Å². The van der Waals surface area contributed by atoms with Gasteiger partial charge in [-0.25, -0.2) is 4.99 Å². The van der Waals surface area contributed by atoms with E-state index in [9.17, 15) is 18.3 Å². The van der Waals surface area contributed by atoms with Crippen molar-refractivity contribution < 1.29 is 23.0 Å². The van der Waals surface area contributed by atoms with E-state index in [1.165, 1.54) is 12.1 Å². The van der Waals surface area contributed by atoms with Crippen LogP contribution in [0.2, 0.25) is 0 Å². The molecule has 1 aliphatic rings. The number of nitrogens with zero attached hydrogens (tertiary/aromatic N) is 2. The summed E-state index contributed by atoms with van der Waals surface area (Å²) in [6.07, 6.45) is -4.34. The summed E-state index contributed by atoms with van der Waals surface area (Å²) in [6, 6.07) is 4.95. The largest absolute Gasteiger partial charge is 0.416 e. The quantitative estimate of drug-likeness (QED) is 0.480. The van der Waals surface area contributed by atoms with Crippen LogP contribution in [0.15, 0.2) is 29.3 Å². The number of nitrogens with one attached hydrogen (secondary N) is 2. The fourth-order valence-electron chi connectivity index (χ4n) is 2.88. The SMILES string of the molecule is CCNC(=NCc1ccc(C(F)(F)F)cc1)NCC(C)(O)CN1CCOCC1. The first kappa shape index (κ1) is 22.4. The van der Waals surface area contributed by atoms with Crippen molar-refractivity contribution in [3.63, 3.8) is 0 Å².